The van der Waals surface area contributed by atoms with E-state index in [1.54, 1.807) is 6.20 Å². The van der Waals surface area contributed by atoms with Gasteiger partial charge in [-0.1, -0.05) is 30.3 Å². The van der Waals surface area contributed by atoms with Crippen molar-refractivity contribution < 1.29 is 24.9 Å². The first-order valence-corrected chi connectivity index (χ1v) is 8.84. The molecule has 2 aliphatic rings. The van der Waals surface area contributed by atoms with Gasteiger partial charge in [0.1, 0.15) is 17.5 Å². The zero-order valence-electron chi connectivity index (χ0n) is 14.6. The summed E-state index contributed by atoms with van der Waals surface area (Å²) in [6.07, 6.45) is 2.44. The number of hydrogen-bond donors (Lipinski definition) is 4. The molecule has 1 unspecified atom stereocenters. The van der Waals surface area contributed by atoms with E-state index in [0.717, 1.165) is 17.5 Å². The Kier molecular flexibility index (Phi) is 4.13. The number of carboxylic acid groups (broad SMARTS) is 1. The highest BCUT2D eigenvalue weighted by Crippen LogP contribution is 2.50. The van der Waals surface area contributed by atoms with Crippen molar-refractivity contribution in [3.8, 4) is 11.1 Å². The summed E-state index contributed by atoms with van der Waals surface area (Å²) in [6.45, 7) is -0.523. The largest absolute Gasteiger partial charge is 0.509 e. The molecule has 1 saturated carbocycles. The van der Waals surface area contributed by atoms with Crippen LogP contribution >= 0.6 is 0 Å². The van der Waals surface area contributed by atoms with Crippen molar-refractivity contribution in [3.63, 3.8) is 0 Å². The molecule has 1 aliphatic carbocycles. The van der Waals surface area contributed by atoms with Crippen LogP contribution in [0.4, 0.5) is 0 Å². The van der Waals surface area contributed by atoms with Gasteiger partial charge in [0.15, 0.2) is 0 Å². The highest BCUT2D eigenvalue weighted by Gasteiger charge is 2.51. The lowest BCUT2D eigenvalue weighted by molar-refractivity contribution is -0.136. The monoisotopic (exact) mass is 368 g/mol. The molecule has 0 bridgehead atoms. The van der Waals surface area contributed by atoms with Crippen LogP contribution in [-0.4, -0.2) is 44.4 Å². The molecule has 2 heterocycles. The molecule has 1 aromatic heterocycles. The highest BCUT2D eigenvalue weighted by molar-refractivity contribution is 6.13. The van der Waals surface area contributed by atoms with Crippen LogP contribution in [0.15, 0.2) is 53.9 Å². The third-order valence-electron chi connectivity index (χ3n) is 5.49. The SMILES string of the molecule is O=C(O)CNC(O)C1=C(O)C2(CCC2)n2ccc(-c3ccccc3)c2C1=O. The molecule has 4 N–H and O–H groups in total. The second kappa shape index (κ2) is 6.37. The molecule has 1 fully saturated rings. The van der Waals surface area contributed by atoms with E-state index >= 15 is 0 Å². The first-order chi connectivity index (χ1) is 13.0. The molecule has 1 spiro atoms. The Bertz CT molecular complexity index is 941. The number of fused-ring (bicyclic) bond motifs is 2. The van der Waals surface area contributed by atoms with Gasteiger partial charge >= 0.3 is 5.97 Å². The summed E-state index contributed by atoms with van der Waals surface area (Å²) in [7, 11) is 0. The molecular weight excluding hydrogens is 348 g/mol. The summed E-state index contributed by atoms with van der Waals surface area (Å²) >= 11 is 0. The number of aliphatic carboxylic acids is 1. The van der Waals surface area contributed by atoms with Gasteiger partial charge in [0.05, 0.1) is 17.8 Å². The fourth-order valence-corrected chi connectivity index (χ4v) is 4.00. The smallest absolute Gasteiger partial charge is 0.317 e. The topological polar surface area (TPSA) is 112 Å². The second-order valence-electron chi connectivity index (χ2n) is 6.97. The van der Waals surface area contributed by atoms with E-state index in [-0.39, 0.29) is 11.3 Å². The van der Waals surface area contributed by atoms with E-state index in [0.29, 0.717) is 18.5 Å². The molecule has 1 aliphatic heterocycles. The van der Waals surface area contributed by atoms with E-state index in [1.165, 1.54) is 0 Å². The van der Waals surface area contributed by atoms with Crippen molar-refractivity contribution in [3.05, 3.63) is 59.6 Å². The van der Waals surface area contributed by atoms with Gasteiger partial charge in [0, 0.05) is 11.8 Å². The Morgan fingerprint density at radius 2 is 1.93 bits per heavy atom. The third kappa shape index (κ3) is 2.58. The predicted molar refractivity (Wildman–Crippen MR) is 97.3 cm³/mol. The fraction of sp³-hybridized carbons (Fsp3) is 0.300. The lowest BCUT2D eigenvalue weighted by Gasteiger charge is -2.47. The number of aliphatic hydroxyl groups is 2. The second-order valence-corrected chi connectivity index (χ2v) is 6.97. The van der Waals surface area contributed by atoms with Crippen LogP contribution < -0.4 is 5.32 Å². The van der Waals surface area contributed by atoms with Crippen LogP contribution in [0.1, 0.15) is 29.8 Å². The number of benzene rings is 1. The zero-order chi connectivity index (χ0) is 19.2. The molecule has 0 amide bonds. The Labute approximate surface area is 155 Å². The van der Waals surface area contributed by atoms with E-state index < -0.39 is 30.1 Å². The first-order valence-electron chi connectivity index (χ1n) is 8.84. The molecule has 1 aromatic carbocycles. The van der Waals surface area contributed by atoms with Crippen molar-refractivity contribution in [2.24, 2.45) is 0 Å². The maximum absolute atomic E-state index is 13.2. The number of Topliss-reactive ketones (excluding diaryl/α,β-unsaturated/α-hetero) is 1. The van der Waals surface area contributed by atoms with E-state index in [1.807, 2.05) is 41.0 Å². The van der Waals surface area contributed by atoms with E-state index in [4.69, 9.17) is 5.11 Å². The normalized spacial score (nSPS) is 18.9. The Morgan fingerprint density at radius 3 is 2.52 bits per heavy atom. The number of nitrogens with zero attached hydrogens (tertiary/aromatic N) is 1. The van der Waals surface area contributed by atoms with Crippen LogP contribution in [0, 0.1) is 0 Å². The van der Waals surface area contributed by atoms with Crippen LogP contribution in [-0.2, 0) is 10.3 Å². The third-order valence-corrected chi connectivity index (χ3v) is 5.49. The van der Waals surface area contributed by atoms with E-state index in [9.17, 15) is 19.8 Å². The molecule has 1 atom stereocenters. The average molecular weight is 368 g/mol. The number of carbonyl (C=O) groups excluding carboxylic acids is 1. The molecule has 4 rings (SSSR count). The van der Waals surface area contributed by atoms with Gasteiger partial charge in [-0.25, -0.2) is 0 Å². The Balaban J connectivity index is 1.83. The van der Waals surface area contributed by atoms with Crippen molar-refractivity contribution in [2.75, 3.05) is 6.54 Å². The summed E-state index contributed by atoms with van der Waals surface area (Å²) < 4.78 is 1.81. The summed E-state index contributed by atoms with van der Waals surface area (Å²) in [6, 6.07) is 11.3. The van der Waals surface area contributed by atoms with Gasteiger partial charge in [-0.15, -0.1) is 0 Å². The maximum atomic E-state index is 13.2. The number of hydrogen-bond acceptors (Lipinski definition) is 5. The summed E-state index contributed by atoms with van der Waals surface area (Å²) in [5.74, 6) is -1.84. The number of aliphatic hydroxyl groups excluding tert-OH is 2. The molecule has 27 heavy (non-hydrogen) atoms. The zero-order valence-corrected chi connectivity index (χ0v) is 14.6. The molecule has 0 radical (unpaired) electrons. The van der Waals surface area contributed by atoms with E-state index in [2.05, 4.69) is 5.32 Å². The minimum absolute atomic E-state index is 0.167. The minimum atomic E-state index is -1.56. The minimum Gasteiger partial charge on any atom is -0.509 e. The van der Waals surface area contributed by atoms with Crippen molar-refractivity contribution in [1.82, 2.24) is 9.88 Å². The van der Waals surface area contributed by atoms with Crippen LogP contribution in [0.5, 0.6) is 0 Å². The summed E-state index contributed by atoms with van der Waals surface area (Å²) in [4.78, 5) is 24.0. The molecule has 7 nitrogen and oxygen atoms in total. The molecule has 7 heteroatoms. The van der Waals surface area contributed by atoms with Gasteiger partial charge in [-0.3, -0.25) is 14.9 Å². The van der Waals surface area contributed by atoms with Crippen molar-refractivity contribution in [1.29, 1.82) is 0 Å². The van der Waals surface area contributed by atoms with Gasteiger partial charge in [-0.2, -0.15) is 0 Å². The van der Waals surface area contributed by atoms with Crippen molar-refractivity contribution in [2.45, 2.75) is 31.0 Å². The summed E-state index contributed by atoms with van der Waals surface area (Å²) in [5, 5.41) is 32.5. The molecular formula is C20H20N2O5. The van der Waals surface area contributed by atoms with Gasteiger partial charge < -0.3 is 19.9 Å². The Hall–Kier alpha value is -2.90. The fourth-order valence-electron chi connectivity index (χ4n) is 4.00. The number of nitrogens with one attached hydrogen (secondary N) is 1. The molecule has 2 aromatic rings. The van der Waals surface area contributed by atoms with Crippen LogP contribution in [0.3, 0.4) is 0 Å². The van der Waals surface area contributed by atoms with Crippen molar-refractivity contribution >= 4 is 11.8 Å². The van der Waals surface area contributed by atoms with Gasteiger partial charge in [-0.05, 0) is 30.9 Å². The number of allylic oxidation sites excluding steroid dienone is 1. The van der Waals surface area contributed by atoms with Gasteiger partial charge in [0.2, 0.25) is 5.78 Å². The lowest BCUT2D eigenvalue weighted by atomic mass is 9.71. The maximum Gasteiger partial charge on any atom is 0.317 e. The van der Waals surface area contributed by atoms with Crippen LogP contribution in [0.25, 0.3) is 11.1 Å². The predicted octanol–water partition coefficient (Wildman–Crippen LogP) is 2.04. The lowest BCUT2D eigenvalue weighted by Crippen LogP contribution is -2.50. The highest BCUT2D eigenvalue weighted by atomic mass is 16.4. The van der Waals surface area contributed by atoms with Gasteiger partial charge in [0.25, 0.3) is 0 Å². The first kappa shape index (κ1) is 17.5. The standard InChI is InChI=1S/C20H20N2O5/c23-14(24)11-21-19(27)15-17(25)16-13(12-5-2-1-3-6-12)7-10-22(16)20(18(15)26)8-4-9-20/h1-3,5-7,10,19,21,26-27H,4,8-9,11H2,(H,23,24). The number of ketones is 1. The molecule has 140 valence electrons. The molecule has 0 saturated heterocycles. The summed E-state index contributed by atoms with van der Waals surface area (Å²) in [5.41, 5.74) is 1.08. The number of carboxylic acids is 1. The Morgan fingerprint density at radius 1 is 1.22 bits per heavy atom. The van der Waals surface area contributed by atoms with Crippen LogP contribution in [0.2, 0.25) is 0 Å². The number of rotatable bonds is 5. The average Bonchev–Trinajstić information content (AvgIpc) is 3.05. The quantitative estimate of drug-likeness (QED) is 0.601. The number of carbonyl (C=O) groups is 2. The number of aromatic nitrogens is 1.